The van der Waals surface area contributed by atoms with Crippen molar-refractivity contribution in [3.8, 4) is 16.9 Å². The molecule has 9 rings (SSSR count). The molecule has 13 nitrogen and oxygen atoms in total. The number of ether oxygens (including phenoxy) is 1. The molecule has 0 radical (unpaired) electrons. The summed E-state index contributed by atoms with van der Waals surface area (Å²) in [6.07, 6.45) is 0.405. The van der Waals surface area contributed by atoms with Crippen LogP contribution in [0.4, 0.5) is 21.5 Å². The summed E-state index contributed by atoms with van der Waals surface area (Å²) in [7, 11) is -4.36. The number of imide groups is 1. The molecule has 0 saturated carbocycles. The average molecular weight is 798 g/mol. The van der Waals surface area contributed by atoms with Gasteiger partial charge in [-0.1, -0.05) is 72.8 Å². The second kappa shape index (κ2) is 14.1. The van der Waals surface area contributed by atoms with E-state index < -0.39 is 46.1 Å². The first-order valence-corrected chi connectivity index (χ1v) is 19.8. The Hall–Kier alpha value is -7.13. The fourth-order valence-corrected chi connectivity index (χ4v) is 8.98. The van der Waals surface area contributed by atoms with Crippen molar-refractivity contribution in [2.24, 2.45) is 0 Å². The van der Waals surface area contributed by atoms with Gasteiger partial charge in [0.25, 0.3) is 11.8 Å². The Bertz CT molecular complexity index is 2870. The molecule has 1 unspecified atom stereocenters. The maximum atomic E-state index is 16.2. The van der Waals surface area contributed by atoms with E-state index in [1.165, 1.54) is 23.1 Å². The number of nitrogens with one attached hydrogen (secondary N) is 3. The molecule has 0 aromatic heterocycles. The Kier molecular flexibility index (Phi) is 8.88. The number of benzene rings is 6. The van der Waals surface area contributed by atoms with Gasteiger partial charge in [0.1, 0.15) is 30.6 Å². The lowest BCUT2D eigenvalue weighted by Gasteiger charge is -2.30. The van der Waals surface area contributed by atoms with Crippen molar-refractivity contribution in [3.05, 3.63) is 132 Å². The van der Waals surface area contributed by atoms with Crippen molar-refractivity contribution in [1.29, 1.82) is 0 Å². The minimum absolute atomic E-state index is 0.00528. The molecule has 6 aromatic rings. The lowest BCUT2D eigenvalue weighted by atomic mass is 9.95. The van der Waals surface area contributed by atoms with Crippen molar-refractivity contribution >= 4 is 78.4 Å². The smallest absolute Gasteiger partial charge is 0.326 e. The Morgan fingerprint density at radius 3 is 2.36 bits per heavy atom. The van der Waals surface area contributed by atoms with E-state index in [0.717, 1.165) is 33.0 Å². The van der Waals surface area contributed by atoms with Crippen molar-refractivity contribution in [2.45, 2.75) is 31.9 Å². The molecule has 290 valence electrons. The second-order valence-corrected chi connectivity index (χ2v) is 15.8. The first-order valence-electron chi connectivity index (χ1n) is 18.3. The zero-order valence-corrected chi connectivity index (χ0v) is 31.3. The van der Waals surface area contributed by atoms with Crippen LogP contribution in [0.15, 0.2) is 109 Å². The summed E-state index contributed by atoms with van der Waals surface area (Å²) in [6.45, 7) is -0.619. The third-order valence-electron chi connectivity index (χ3n) is 10.5. The maximum Gasteiger partial charge on any atom is 0.326 e. The van der Waals surface area contributed by atoms with Gasteiger partial charge in [-0.05, 0) is 75.8 Å². The molecule has 2 fully saturated rings. The molecule has 0 bridgehead atoms. The van der Waals surface area contributed by atoms with Crippen LogP contribution in [-0.4, -0.2) is 50.5 Å². The largest absolute Gasteiger partial charge is 0.487 e. The summed E-state index contributed by atoms with van der Waals surface area (Å²) in [6, 6.07) is 30.8. The van der Waals surface area contributed by atoms with Crippen LogP contribution in [0.5, 0.6) is 5.75 Å². The normalized spacial score (nSPS) is 17.2. The third-order valence-corrected chi connectivity index (χ3v) is 11.9. The van der Waals surface area contributed by atoms with E-state index in [2.05, 4.69) is 10.6 Å². The maximum absolute atomic E-state index is 16.2. The van der Waals surface area contributed by atoms with Gasteiger partial charge < -0.3 is 10.1 Å². The van der Waals surface area contributed by atoms with Gasteiger partial charge in [-0.2, -0.15) is 8.42 Å². The monoisotopic (exact) mass is 797 g/mol. The predicted molar refractivity (Wildman–Crippen MR) is 214 cm³/mol. The van der Waals surface area contributed by atoms with Gasteiger partial charge in [-0.3, -0.25) is 34.2 Å². The molecule has 0 spiro atoms. The van der Waals surface area contributed by atoms with E-state index >= 15 is 4.39 Å². The van der Waals surface area contributed by atoms with Crippen molar-refractivity contribution in [3.63, 3.8) is 0 Å². The van der Waals surface area contributed by atoms with E-state index in [4.69, 9.17) is 4.74 Å². The molecule has 3 N–H and O–H groups in total. The molecular formula is C43H32FN5O8S. The number of nitrogens with zero attached hydrogens (tertiary/aromatic N) is 2. The molecule has 58 heavy (non-hydrogen) atoms. The number of rotatable bonds is 9. The van der Waals surface area contributed by atoms with Crippen molar-refractivity contribution in [2.75, 3.05) is 21.1 Å². The Morgan fingerprint density at radius 1 is 0.828 bits per heavy atom. The number of carbonyl (C=O) groups excluding carboxylic acids is 5. The topological polar surface area (TPSA) is 171 Å². The van der Waals surface area contributed by atoms with Crippen LogP contribution in [0.1, 0.15) is 34.3 Å². The SMILES string of the molecule is O=C1CCC(N2C(=O)c3cccc4c(-c5ccc(CC(=O)Nc6ccc7c(F)c(N8CC(=O)NS8(=O)=O)c(OCc8ccccc8)cc7c6)cc5)ccc2c34)C(=O)N1. The van der Waals surface area contributed by atoms with Crippen LogP contribution in [0.2, 0.25) is 0 Å². The van der Waals surface area contributed by atoms with Crippen LogP contribution < -0.4 is 29.3 Å². The average Bonchev–Trinajstić information content (AvgIpc) is 3.65. The number of hydrogen-bond donors (Lipinski definition) is 3. The van der Waals surface area contributed by atoms with E-state index in [9.17, 15) is 32.4 Å². The molecule has 3 aliphatic heterocycles. The van der Waals surface area contributed by atoms with Gasteiger partial charge in [0, 0.05) is 28.4 Å². The van der Waals surface area contributed by atoms with E-state index in [0.29, 0.717) is 26.6 Å². The minimum Gasteiger partial charge on any atom is -0.487 e. The number of anilines is 3. The summed E-state index contributed by atoms with van der Waals surface area (Å²) >= 11 is 0. The zero-order valence-electron chi connectivity index (χ0n) is 30.5. The lowest BCUT2D eigenvalue weighted by molar-refractivity contribution is -0.134. The van der Waals surface area contributed by atoms with Crippen molar-refractivity contribution in [1.82, 2.24) is 10.0 Å². The summed E-state index contributed by atoms with van der Waals surface area (Å²) in [4.78, 5) is 64.9. The fraction of sp³-hybridized carbons (Fsp3) is 0.140. The van der Waals surface area contributed by atoms with E-state index in [1.807, 2.05) is 53.3 Å². The molecule has 6 aromatic carbocycles. The van der Waals surface area contributed by atoms with Gasteiger partial charge in [-0.25, -0.2) is 13.4 Å². The third kappa shape index (κ3) is 6.44. The van der Waals surface area contributed by atoms with Gasteiger partial charge in [0.2, 0.25) is 17.7 Å². The number of amides is 5. The highest BCUT2D eigenvalue weighted by Gasteiger charge is 2.41. The van der Waals surface area contributed by atoms with Gasteiger partial charge in [-0.15, -0.1) is 0 Å². The Morgan fingerprint density at radius 2 is 1.62 bits per heavy atom. The van der Waals surface area contributed by atoms with E-state index in [1.54, 1.807) is 42.5 Å². The van der Waals surface area contributed by atoms with Crippen LogP contribution in [0, 0.1) is 5.82 Å². The Balaban J connectivity index is 0.946. The number of fused-ring (bicyclic) bond motifs is 1. The molecule has 3 heterocycles. The molecular weight excluding hydrogens is 766 g/mol. The molecule has 2 saturated heterocycles. The Labute approximate surface area is 330 Å². The van der Waals surface area contributed by atoms with Gasteiger partial charge >= 0.3 is 10.2 Å². The first-order chi connectivity index (χ1) is 27.9. The predicted octanol–water partition coefficient (Wildman–Crippen LogP) is 5.51. The lowest BCUT2D eigenvalue weighted by Crippen LogP contribution is -2.53. The van der Waals surface area contributed by atoms with Crippen LogP contribution in [0.3, 0.4) is 0 Å². The summed E-state index contributed by atoms with van der Waals surface area (Å²) in [5, 5.41) is 7.13. The van der Waals surface area contributed by atoms with Gasteiger partial charge in [0.15, 0.2) is 5.82 Å². The summed E-state index contributed by atoms with van der Waals surface area (Å²) in [5.41, 5.74) is 4.24. The van der Waals surface area contributed by atoms with Crippen molar-refractivity contribution < 1.29 is 41.5 Å². The van der Waals surface area contributed by atoms with Gasteiger partial charge in [0.05, 0.1) is 12.1 Å². The molecule has 1 atom stereocenters. The minimum atomic E-state index is -4.36. The fourth-order valence-electron chi connectivity index (χ4n) is 7.82. The zero-order chi connectivity index (χ0) is 40.3. The van der Waals surface area contributed by atoms with E-state index in [-0.39, 0.29) is 54.7 Å². The summed E-state index contributed by atoms with van der Waals surface area (Å²) < 4.78 is 50.2. The molecule has 0 aliphatic carbocycles. The highest BCUT2D eigenvalue weighted by atomic mass is 32.2. The van der Waals surface area contributed by atoms with Crippen LogP contribution >= 0.6 is 0 Å². The number of halogens is 1. The highest BCUT2D eigenvalue weighted by molar-refractivity contribution is 7.92. The van der Waals surface area contributed by atoms with Crippen LogP contribution in [0.25, 0.3) is 32.7 Å². The van der Waals surface area contributed by atoms with Crippen LogP contribution in [-0.2, 0) is 42.4 Å². The quantitative estimate of drug-likeness (QED) is 0.161. The second-order valence-electron chi connectivity index (χ2n) is 14.2. The highest BCUT2D eigenvalue weighted by Crippen LogP contribution is 2.44. The molecule has 3 aliphatic rings. The number of carbonyl (C=O) groups is 5. The summed E-state index contributed by atoms with van der Waals surface area (Å²) in [5.74, 6) is -3.29. The standard InChI is InChI=1S/C43H32FN5O8S/c44-40-30-14-13-28(20-27(30)21-35(57-23-25-5-2-1-3-6-25)41(40)48-22-38(52)47-58(48,55)56)45-37(51)19-24-9-11-26(12-10-24)29-15-16-33-39-31(29)7-4-8-32(39)43(54)49(33)34-17-18-36(50)46-42(34)53/h1-16,20-21,34H,17-19,22-23H2,(H,45,51)(H,47,52)(H,46,50,53). The molecule has 15 heteroatoms. The number of piperidine rings is 1. The first kappa shape index (κ1) is 36.5. The number of hydrogen-bond acceptors (Lipinski definition) is 8. The molecule has 5 amide bonds.